The van der Waals surface area contributed by atoms with Crippen molar-refractivity contribution in [3.8, 4) is 0 Å². The Hall–Kier alpha value is -2.99. The number of amides is 1. The van der Waals surface area contributed by atoms with Gasteiger partial charge in [-0.1, -0.05) is 11.6 Å². The second kappa shape index (κ2) is 7.06. The van der Waals surface area contributed by atoms with Gasteiger partial charge in [0.1, 0.15) is 5.82 Å². The van der Waals surface area contributed by atoms with Gasteiger partial charge in [-0.2, -0.15) is 0 Å². The molecule has 1 aromatic heterocycles. The molecule has 0 radical (unpaired) electrons. The Morgan fingerprint density at radius 3 is 2.17 bits per heavy atom. The molecule has 24 heavy (non-hydrogen) atoms. The number of hydrogen-bond acceptors (Lipinski definition) is 4. The maximum atomic E-state index is 12.9. The number of nitrogens with one attached hydrogen (secondary N) is 2. The van der Waals surface area contributed by atoms with Crippen LogP contribution in [0.15, 0.2) is 60.7 Å². The standard InChI is InChI=1S/C17H12ClFN4O/c18-11-1-5-14(6-2-11)21-17(24)15-9-10-16(23-22-15)20-13-7-3-12(19)4-8-13/h1-10H,(H,20,23)(H,21,24). The van der Waals surface area contributed by atoms with Crippen LogP contribution < -0.4 is 10.6 Å². The first-order chi connectivity index (χ1) is 11.6. The summed E-state index contributed by atoms with van der Waals surface area (Å²) in [6.07, 6.45) is 0. The van der Waals surface area contributed by atoms with Crippen molar-refractivity contribution in [2.24, 2.45) is 0 Å². The Balaban J connectivity index is 1.66. The molecule has 0 saturated heterocycles. The summed E-state index contributed by atoms with van der Waals surface area (Å²) in [7, 11) is 0. The van der Waals surface area contributed by atoms with Crippen LogP contribution in [0.4, 0.5) is 21.6 Å². The minimum atomic E-state index is -0.377. The van der Waals surface area contributed by atoms with E-state index in [-0.39, 0.29) is 17.4 Å². The predicted molar refractivity (Wildman–Crippen MR) is 91.1 cm³/mol. The zero-order chi connectivity index (χ0) is 16.9. The Bertz CT molecular complexity index is 836. The molecule has 1 amide bonds. The van der Waals surface area contributed by atoms with Gasteiger partial charge in [0.2, 0.25) is 0 Å². The maximum absolute atomic E-state index is 12.9. The molecular formula is C17H12ClFN4O. The summed E-state index contributed by atoms with van der Waals surface area (Å²) < 4.78 is 12.9. The van der Waals surface area contributed by atoms with Gasteiger partial charge in [-0.3, -0.25) is 4.79 Å². The first-order valence-electron chi connectivity index (χ1n) is 7.03. The highest BCUT2D eigenvalue weighted by Crippen LogP contribution is 2.16. The predicted octanol–water partition coefficient (Wildman–Crippen LogP) is 4.27. The van der Waals surface area contributed by atoms with Crippen LogP contribution in [0.3, 0.4) is 0 Å². The van der Waals surface area contributed by atoms with Gasteiger partial charge >= 0.3 is 0 Å². The fraction of sp³-hybridized carbons (Fsp3) is 0. The third-order valence-corrected chi connectivity index (χ3v) is 3.37. The maximum Gasteiger partial charge on any atom is 0.276 e. The van der Waals surface area contributed by atoms with Gasteiger partial charge in [0.25, 0.3) is 5.91 Å². The van der Waals surface area contributed by atoms with E-state index in [0.717, 1.165) is 0 Å². The lowest BCUT2D eigenvalue weighted by atomic mass is 10.3. The molecule has 7 heteroatoms. The zero-order valence-electron chi connectivity index (χ0n) is 12.3. The van der Waals surface area contributed by atoms with E-state index < -0.39 is 0 Å². The molecule has 0 bridgehead atoms. The van der Waals surface area contributed by atoms with E-state index in [0.29, 0.717) is 22.2 Å². The molecule has 0 fully saturated rings. The van der Waals surface area contributed by atoms with Crippen LogP contribution in [-0.2, 0) is 0 Å². The molecular weight excluding hydrogens is 331 g/mol. The average molecular weight is 343 g/mol. The molecule has 2 N–H and O–H groups in total. The number of rotatable bonds is 4. The highest BCUT2D eigenvalue weighted by Gasteiger charge is 2.09. The van der Waals surface area contributed by atoms with Crippen LogP contribution in [-0.4, -0.2) is 16.1 Å². The molecule has 3 rings (SSSR count). The Labute approximate surface area is 142 Å². The van der Waals surface area contributed by atoms with Crippen LogP contribution in [0.25, 0.3) is 0 Å². The van der Waals surface area contributed by atoms with Crippen molar-refractivity contribution in [3.05, 3.63) is 77.2 Å². The summed E-state index contributed by atoms with van der Waals surface area (Å²) in [4.78, 5) is 12.1. The number of hydrogen-bond donors (Lipinski definition) is 2. The summed E-state index contributed by atoms with van der Waals surface area (Å²) in [6.45, 7) is 0. The highest BCUT2D eigenvalue weighted by molar-refractivity contribution is 6.30. The minimum absolute atomic E-state index is 0.176. The minimum Gasteiger partial charge on any atom is -0.339 e. The molecule has 0 aliphatic carbocycles. The number of anilines is 3. The number of aromatic nitrogens is 2. The molecule has 0 spiro atoms. The van der Waals surface area contributed by atoms with Crippen molar-refractivity contribution < 1.29 is 9.18 Å². The molecule has 3 aromatic rings. The van der Waals surface area contributed by atoms with Crippen LogP contribution in [0, 0.1) is 5.82 Å². The molecule has 0 aliphatic rings. The second-order valence-corrected chi connectivity index (χ2v) is 5.33. The average Bonchev–Trinajstić information content (AvgIpc) is 2.59. The van der Waals surface area contributed by atoms with E-state index in [1.807, 2.05) is 0 Å². The Kier molecular flexibility index (Phi) is 4.67. The molecule has 2 aromatic carbocycles. The van der Waals surface area contributed by atoms with Gasteiger partial charge < -0.3 is 10.6 Å². The summed E-state index contributed by atoms with van der Waals surface area (Å²) in [5.41, 5.74) is 1.46. The summed E-state index contributed by atoms with van der Waals surface area (Å²) >= 11 is 5.79. The van der Waals surface area contributed by atoms with E-state index in [4.69, 9.17) is 11.6 Å². The molecule has 0 aliphatic heterocycles. The topological polar surface area (TPSA) is 66.9 Å². The second-order valence-electron chi connectivity index (χ2n) is 4.90. The van der Waals surface area contributed by atoms with Gasteiger partial charge in [-0.15, -0.1) is 10.2 Å². The third kappa shape index (κ3) is 4.05. The molecule has 0 atom stereocenters. The first kappa shape index (κ1) is 15.9. The smallest absolute Gasteiger partial charge is 0.276 e. The van der Waals surface area contributed by atoms with Crippen LogP contribution in [0.2, 0.25) is 5.02 Å². The van der Waals surface area contributed by atoms with Gasteiger partial charge in [-0.05, 0) is 60.7 Å². The zero-order valence-corrected chi connectivity index (χ0v) is 13.1. The monoisotopic (exact) mass is 342 g/mol. The highest BCUT2D eigenvalue weighted by atomic mass is 35.5. The number of carbonyl (C=O) groups is 1. The van der Waals surface area contributed by atoms with E-state index in [1.54, 1.807) is 48.5 Å². The Morgan fingerprint density at radius 2 is 1.54 bits per heavy atom. The lowest BCUT2D eigenvalue weighted by molar-refractivity contribution is 0.102. The number of nitrogens with zero attached hydrogens (tertiary/aromatic N) is 2. The van der Waals surface area contributed by atoms with Crippen molar-refractivity contribution in [2.45, 2.75) is 0 Å². The normalized spacial score (nSPS) is 10.2. The quantitative estimate of drug-likeness (QED) is 0.743. The van der Waals surface area contributed by atoms with Crippen LogP contribution in [0.1, 0.15) is 10.5 Å². The van der Waals surface area contributed by atoms with Gasteiger partial charge in [-0.25, -0.2) is 4.39 Å². The van der Waals surface area contributed by atoms with Crippen molar-refractivity contribution in [1.82, 2.24) is 10.2 Å². The van der Waals surface area contributed by atoms with Crippen LogP contribution >= 0.6 is 11.6 Å². The summed E-state index contributed by atoms with van der Waals surface area (Å²) in [6, 6.07) is 15.7. The fourth-order valence-electron chi connectivity index (χ4n) is 1.93. The largest absolute Gasteiger partial charge is 0.339 e. The number of halogens is 2. The molecule has 120 valence electrons. The fourth-order valence-corrected chi connectivity index (χ4v) is 2.06. The van der Waals surface area contributed by atoms with Crippen LogP contribution in [0.5, 0.6) is 0 Å². The molecule has 5 nitrogen and oxygen atoms in total. The summed E-state index contributed by atoms with van der Waals surface area (Å²) in [5, 5.41) is 14.1. The lowest BCUT2D eigenvalue weighted by Gasteiger charge is -2.06. The third-order valence-electron chi connectivity index (χ3n) is 3.12. The van der Waals surface area contributed by atoms with E-state index in [2.05, 4.69) is 20.8 Å². The van der Waals surface area contributed by atoms with E-state index in [9.17, 15) is 9.18 Å². The molecule has 1 heterocycles. The Morgan fingerprint density at radius 1 is 0.875 bits per heavy atom. The number of benzene rings is 2. The first-order valence-corrected chi connectivity index (χ1v) is 7.41. The van der Waals surface area contributed by atoms with Gasteiger partial charge in [0.05, 0.1) is 0 Å². The molecule has 0 unspecified atom stereocenters. The van der Waals surface area contributed by atoms with E-state index in [1.165, 1.54) is 12.1 Å². The summed E-state index contributed by atoms with van der Waals surface area (Å²) in [5.74, 6) is -0.247. The number of carbonyl (C=O) groups excluding carboxylic acids is 1. The lowest BCUT2D eigenvalue weighted by Crippen LogP contribution is -2.14. The SMILES string of the molecule is O=C(Nc1ccc(Cl)cc1)c1ccc(Nc2ccc(F)cc2)nn1. The van der Waals surface area contributed by atoms with Gasteiger partial charge in [0, 0.05) is 16.4 Å². The molecule has 0 saturated carbocycles. The van der Waals surface area contributed by atoms with Crippen molar-refractivity contribution in [2.75, 3.05) is 10.6 Å². The van der Waals surface area contributed by atoms with Crippen molar-refractivity contribution in [1.29, 1.82) is 0 Å². The van der Waals surface area contributed by atoms with Crippen molar-refractivity contribution in [3.63, 3.8) is 0 Å². The van der Waals surface area contributed by atoms with E-state index >= 15 is 0 Å². The van der Waals surface area contributed by atoms with Crippen molar-refractivity contribution >= 4 is 34.7 Å². The van der Waals surface area contributed by atoms with Gasteiger partial charge in [0.15, 0.2) is 11.5 Å².